The normalized spacial score (nSPS) is 18.6. The van der Waals surface area contributed by atoms with Gasteiger partial charge in [-0.2, -0.15) is 0 Å². The van der Waals surface area contributed by atoms with E-state index in [9.17, 15) is 9.59 Å². The lowest BCUT2D eigenvalue weighted by molar-refractivity contribution is 0.0877. The van der Waals surface area contributed by atoms with Gasteiger partial charge in [-0.25, -0.2) is 0 Å². The molecule has 4 heteroatoms. The molecule has 1 heterocycles. The Morgan fingerprint density at radius 2 is 1.58 bits per heavy atom. The highest BCUT2D eigenvalue weighted by molar-refractivity contribution is 6.04. The number of ketones is 1. The maximum Gasteiger partial charge on any atom is 0.251 e. The lowest BCUT2D eigenvalue weighted by Gasteiger charge is -2.33. The van der Waals surface area contributed by atoms with Gasteiger partial charge in [-0.1, -0.05) is 72.8 Å². The summed E-state index contributed by atoms with van der Waals surface area (Å²) in [6, 6.07) is 26.6. The predicted molar refractivity (Wildman–Crippen MR) is 145 cm³/mol. The quantitative estimate of drug-likeness (QED) is 0.452. The third kappa shape index (κ3) is 5.76. The van der Waals surface area contributed by atoms with Crippen LogP contribution in [0.4, 0.5) is 0 Å². The topological polar surface area (TPSA) is 49.4 Å². The number of nitrogens with zero attached hydrogens (tertiary/aromatic N) is 1. The molecule has 1 atom stereocenters. The second kappa shape index (κ2) is 11.7. The molecule has 2 aliphatic rings. The Kier molecular flexibility index (Phi) is 7.92. The van der Waals surface area contributed by atoms with Crippen molar-refractivity contribution >= 4 is 11.7 Å². The summed E-state index contributed by atoms with van der Waals surface area (Å²) in [7, 11) is 0. The number of rotatable bonds is 8. The first-order valence-corrected chi connectivity index (χ1v) is 13.4. The van der Waals surface area contributed by atoms with Gasteiger partial charge in [0, 0.05) is 23.6 Å². The maximum absolute atomic E-state index is 13.4. The second-order valence-corrected chi connectivity index (χ2v) is 10.2. The van der Waals surface area contributed by atoms with Crippen molar-refractivity contribution in [1.29, 1.82) is 0 Å². The van der Waals surface area contributed by atoms with Crippen LogP contribution in [0.2, 0.25) is 0 Å². The van der Waals surface area contributed by atoms with E-state index in [1.165, 1.54) is 24.0 Å². The van der Waals surface area contributed by atoms with Crippen molar-refractivity contribution in [2.45, 2.75) is 44.4 Å². The number of Topliss-reactive ketones (excluding diaryl/α,β-unsaturated/α-hetero) is 1. The fourth-order valence-electron chi connectivity index (χ4n) is 5.86. The number of benzene rings is 3. The van der Waals surface area contributed by atoms with Gasteiger partial charge in [-0.05, 0) is 86.8 Å². The van der Waals surface area contributed by atoms with Crippen molar-refractivity contribution in [3.8, 4) is 0 Å². The first kappa shape index (κ1) is 24.5. The first-order chi connectivity index (χ1) is 17.7. The van der Waals surface area contributed by atoms with E-state index in [0.717, 1.165) is 56.4 Å². The molecular weight excluding hydrogens is 444 g/mol. The highest BCUT2D eigenvalue weighted by Gasteiger charge is 2.30. The van der Waals surface area contributed by atoms with Crippen LogP contribution in [0, 0.1) is 5.92 Å². The molecule has 1 N–H and O–H groups in total. The van der Waals surface area contributed by atoms with Gasteiger partial charge in [-0.15, -0.1) is 0 Å². The molecule has 0 saturated carbocycles. The zero-order valence-electron chi connectivity index (χ0n) is 21.0. The molecule has 1 saturated heterocycles. The summed E-state index contributed by atoms with van der Waals surface area (Å²) in [5.41, 5.74) is 5.01. The van der Waals surface area contributed by atoms with Crippen molar-refractivity contribution in [3.63, 3.8) is 0 Å². The minimum atomic E-state index is -0.0738. The molecule has 0 spiro atoms. The first-order valence-electron chi connectivity index (χ1n) is 13.4. The lowest BCUT2D eigenvalue weighted by atomic mass is 9.79. The number of amides is 1. The Morgan fingerprint density at radius 3 is 2.33 bits per heavy atom. The average Bonchev–Trinajstić information content (AvgIpc) is 2.94. The third-order valence-corrected chi connectivity index (χ3v) is 7.99. The van der Waals surface area contributed by atoms with Crippen LogP contribution in [-0.2, 0) is 12.8 Å². The standard InChI is InChI=1S/C32H36N2O2/c35-31-27(19-23-34-21-17-26(18-22-34)25-10-5-2-6-11-25)14-15-28-29(31)12-7-13-30(28)32(36)33-20-16-24-8-3-1-4-9-24/h1-13,26-27H,14-23H2,(H,33,36)/t27-/m1/s1. The lowest BCUT2D eigenvalue weighted by Crippen LogP contribution is -2.36. The molecule has 36 heavy (non-hydrogen) atoms. The van der Waals surface area contributed by atoms with Crippen molar-refractivity contribution in [3.05, 3.63) is 107 Å². The van der Waals surface area contributed by atoms with E-state index in [0.29, 0.717) is 18.0 Å². The van der Waals surface area contributed by atoms with Crippen LogP contribution in [0.15, 0.2) is 78.9 Å². The van der Waals surface area contributed by atoms with Crippen molar-refractivity contribution in [2.24, 2.45) is 5.92 Å². The SMILES string of the molecule is O=C(NCCc1ccccc1)c1cccc2c1CC[C@H](CCN1CCC(c3ccccc3)CC1)C2=O. The van der Waals surface area contributed by atoms with E-state index < -0.39 is 0 Å². The summed E-state index contributed by atoms with van der Waals surface area (Å²) in [5.74, 6) is 0.855. The van der Waals surface area contributed by atoms with E-state index in [2.05, 4.69) is 52.7 Å². The van der Waals surface area contributed by atoms with Crippen LogP contribution in [-0.4, -0.2) is 42.8 Å². The molecule has 3 aromatic carbocycles. The van der Waals surface area contributed by atoms with Gasteiger partial charge >= 0.3 is 0 Å². The molecule has 0 bridgehead atoms. The minimum absolute atomic E-state index is 0.0562. The zero-order chi connectivity index (χ0) is 24.7. The van der Waals surface area contributed by atoms with Gasteiger partial charge in [0.25, 0.3) is 5.91 Å². The van der Waals surface area contributed by atoms with Gasteiger partial charge < -0.3 is 10.2 Å². The molecule has 1 aliphatic carbocycles. The van der Waals surface area contributed by atoms with Crippen LogP contribution in [0.1, 0.15) is 69.0 Å². The van der Waals surface area contributed by atoms with E-state index >= 15 is 0 Å². The predicted octanol–water partition coefficient (Wildman–Crippen LogP) is 5.67. The number of carbonyl (C=O) groups is 2. The fraction of sp³-hybridized carbons (Fsp3) is 0.375. The van der Waals surface area contributed by atoms with Gasteiger partial charge in [0.15, 0.2) is 5.78 Å². The molecule has 186 valence electrons. The Balaban J connectivity index is 1.13. The number of hydrogen-bond acceptors (Lipinski definition) is 3. The molecule has 0 unspecified atom stereocenters. The summed E-state index contributed by atoms with van der Waals surface area (Å²) in [4.78, 5) is 28.8. The van der Waals surface area contributed by atoms with Crippen molar-refractivity contribution in [1.82, 2.24) is 10.2 Å². The summed E-state index contributed by atoms with van der Waals surface area (Å²) in [6.45, 7) is 3.77. The van der Waals surface area contributed by atoms with Crippen LogP contribution in [0.5, 0.6) is 0 Å². The Labute approximate surface area is 214 Å². The zero-order valence-corrected chi connectivity index (χ0v) is 21.0. The molecule has 1 fully saturated rings. The largest absolute Gasteiger partial charge is 0.352 e. The monoisotopic (exact) mass is 480 g/mol. The second-order valence-electron chi connectivity index (χ2n) is 10.2. The molecule has 1 amide bonds. The maximum atomic E-state index is 13.4. The summed E-state index contributed by atoms with van der Waals surface area (Å²) >= 11 is 0. The van der Waals surface area contributed by atoms with E-state index in [-0.39, 0.29) is 17.6 Å². The Bertz CT molecular complexity index is 1170. The fourth-order valence-corrected chi connectivity index (χ4v) is 5.86. The summed E-state index contributed by atoms with van der Waals surface area (Å²) in [6.07, 6.45) is 5.71. The molecule has 5 rings (SSSR count). The number of fused-ring (bicyclic) bond motifs is 1. The number of piperidine rings is 1. The summed E-state index contributed by atoms with van der Waals surface area (Å²) < 4.78 is 0. The number of nitrogens with one attached hydrogen (secondary N) is 1. The average molecular weight is 481 g/mol. The van der Waals surface area contributed by atoms with Crippen LogP contribution in [0.25, 0.3) is 0 Å². The van der Waals surface area contributed by atoms with Crippen molar-refractivity contribution in [2.75, 3.05) is 26.2 Å². The minimum Gasteiger partial charge on any atom is -0.352 e. The van der Waals surface area contributed by atoms with Gasteiger partial charge in [0.1, 0.15) is 0 Å². The number of likely N-dealkylation sites (tertiary alicyclic amines) is 1. The van der Waals surface area contributed by atoms with Crippen molar-refractivity contribution < 1.29 is 9.59 Å². The summed E-state index contributed by atoms with van der Waals surface area (Å²) in [5, 5.41) is 3.05. The van der Waals surface area contributed by atoms with E-state index in [1.807, 2.05) is 36.4 Å². The van der Waals surface area contributed by atoms with Crippen LogP contribution in [0.3, 0.4) is 0 Å². The van der Waals surface area contributed by atoms with E-state index in [1.54, 1.807) is 0 Å². The third-order valence-electron chi connectivity index (χ3n) is 7.99. The highest BCUT2D eigenvalue weighted by Crippen LogP contribution is 2.32. The Morgan fingerprint density at radius 1 is 0.861 bits per heavy atom. The smallest absolute Gasteiger partial charge is 0.251 e. The van der Waals surface area contributed by atoms with E-state index in [4.69, 9.17) is 0 Å². The van der Waals surface area contributed by atoms with Crippen LogP contribution < -0.4 is 5.32 Å². The van der Waals surface area contributed by atoms with Gasteiger partial charge in [0.05, 0.1) is 0 Å². The molecule has 0 aromatic heterocycles. The van der Waals surface area contributed by atoms with Crippen LogP contribution >= 0.6 is 0 Å². The number of hydrogen-bond donors (Lipinski definition) is 1. The highest BCUT2D eigenvalue weighted by atomic mass is 16.1. The molecule has 0 radical (unpaired) electrons. The molecule has 4 nitrogen and oxygen atoms in total. The van der Waals surface area contributed by atoms with Gasteiger partial charge in [0.2, 0.25) is 0 Å². The van der Waals surface area contributed by atoms with Gasteiger partial charge in [-0.3, -0.25) is 9.59 Å². The Hall–Kier alpha value is -3.24. The molecular formula is C32H36N2O2. The molecule has 1 aliphatic heterocycles. The molecule has 3 aromatic rings. The number of carbonyl (C=O) groups excluding carboxylic acids is 2.